The van der Waals surface area contributed by atoms with Gasteiger partial charge < -0.3 is 9.15 Å². The van der Waals surface area contributed by atoms with E-state index in [4.69, 9.17) is 9.15 Å². The Hall–Kier alpha value is -1.77. The molecule has 0 radical (unpaired) electrons. The van der Waals surface area contributed by atoms with E-state index in [1.807, 2.05) is 44.2 Å². The molecule has 1 heterocycles. The maximum atomic E-state index is 11.4. The van der Waals surface area contributed by atoms with Gasteiger partial charge in [0.1, 0.15) is 18.0 Å². The van der Waals surface area contributed by atoms with Crippen molar-refractivity contribution in [2.75, 3.05) is 0 Å². The Morgan fingerprint density at radius 1 is 1.35 bits per heavy atom. The average Bonchev–Trinajstić information content (AvgIpc) is 2.68. The molecule has 0 spiro atoms. The Morgan fingerprint density at radius 2 is 2.12 bits per heavy atom. The summed E-state index contributed by atoms with van der Waals surface area (Å²) in [7, 11) is 0. The van der Waals surface area contributed by atoms with Gasteiger partial charge in [0.2, 0.25) is 0 Å². The maximum absolute atomic E-state index is 11.4. The fraction of sp³-hybridized carbons (Fsp3) is 0.357. The Kier molecular flexibility index (Phi) is 3.47. The first-order valence-electron chi connectivity index (χ1n) is 5.78. The van der Waals surface area contributed by atoms with Gasteiger partial charge in [-0.15, -0.1) is 0 Å². The lowest BCUT2D eigenvalue weighted by Gasteiger charge is -2.04. The number of ether oxygens (including phenoxy) is 1. The average molecular weight is 232 g/mol. The highest BCUT2D eigenvalue weighted by Crippen LogP contribution is 2.19. The van der Waals surface area contributed by atoms with E-state index < -0.39 is 0 Å². The quantitative estimate of drug-likeness (QED) is 0.757. The number of carbonyl (C=O) groups excluding carboxylic acids is 1. The minimum absolute atomic E-state index is 0.180. The fourth-order valence-corrected chi connectivity index (χ4v) is 1.65. The molecule has 3 nitrogen and oxygen atoms in total. The van der Waals surface area contributed by atoms with Crippen LogP contribution in [0.15, 0.2) is 34.7 Å². The number of hydrogen-bond donors (Lipinski definition) is 0. The molecule has 0 aliphatic carbocycles. The number of fused-ring (bicyclic) bond motifs is 1. The molecule has 2 rings (SSSR count). The van der Waals surface area contributed by atoms with Gasteiger partial charge in [0.15, 0.2) is 0 Å². The van der Waals surface area contributed by atoms with Crippen LogP contribution in [0.3, 0.4) is 0 Å². The van der Waals surface area contributed by atoms with Gasteiger partial charge in [0.25, 0.3) is 0 Å². The van der Waals surface area contributed by atoms with Gasteiger partial charge in [0.05, 0.1) is 0 Å². The molecule has 1 aromatic carbocycles. The van der Waals surface area contributed by atoms with Crippen LogP contribution in [0, 0.1) is 5.92 Å². The summed E-state index contributed by atoms with van der Waals surface area (Å²) >= 11 is 0. The Labute approximate surface area is 100 Å². The molecule has 2 aromatic rings. The topological polar surface area (TPSA) is 39.4 Å². The lowest BCUT2D eigenvalue weighted by atomic mass is 10.1. The van der Waals surface area contributed by atoms with Crippen LogP contribution < -0.4 is 0 Å². The molecule has 0 unspecified atom stereocenters. The molecule has 0 atom stereocenters. The van der Waals surface area contributed by atoms with Crippen molar-refractivity contribution in [2.24, 2.45) is 5.92 Å². The van der Waals surface area contributed by atoms with Gasteiger partial charge in [-0.1, -0.05) is 32.0 Å². The summed E-state index contributed by atoms with van der Waals surface area (Å²) in [5, 5.41) is 1.03. The third kappa shape index (κ3) is 3.09. The van der Waals surface area contributed by atoms with Crippen LogP contribution in [0.4, 0.5) is 0 Å². The van der Waals surface area contributed by atoms with Crippen LogP contribution in [0.5, 0.6) is 0 Å². The van der Waals surface area contributed by atoms with Crippen molar-refractivity contribution in [3.05, 3.63) is 36.1 Å². The van der Waals surface area contributed by atoms with Crippen molar-refractivity contribution in [1.29, 1.82) is 0 Å². The van der Waals surface area contributed by atoms with Crippen molar-refractivity contribution in [3.63, 3.8) is 0 Å². The van der Waals surface area contributed by atoms with Crippen LogP contribution in [-0.4, -0.2) is 5.97 Å². The van der Waals surface area contributed by atoms with Crippen molar-refractivity contribution in [1.82, 2.24) is 0 Å². The molecule has 0 saturated carbocycles. The van der Waals surface area contributed by atoms with Gasteiger partial charge in [-0.2, -0.15) is 0 Å². The maximum Gasteiger partial charge on any atom is 0.306 e. The van der Waals surface area contributed by atoms with Crippen LogP contribution in [0.25, 0.3) is 11.0 Å². The smallest absolute Gasteiger partial charge is 0.306 e. The first kappa shape index (κ1) is 11.7. The molecule has 0 aliphatic heterocycles. The Morgan fingerprint density at radius 3 is 2.82 bits per heavy atom. The van der Waals surface area contributed by atoms with Crippen LogP contribution in [-0.2, 0) is 16.1 Å². The second-order valence-electron chi connectivity index (χ2n) is 4.51. The highest BCUT2D eigenvalue weighted by molar-refractivity contribution is 5.77. The van der Waals surface area contributed by atoms with E-state index in [0.29, 0.717) is 18.1 Å². The normalized spacial score (nSPS) is 11.0. The zero-order valence-corrected chi connectivity index (χ0v) is 10.1. The summed E-state index contributed by atoms with van der Waals surface area (Å²) in [6.45, 7) is 4.19. The van der Waals surface area contributed by atoms with Gasteiger partial charge in [-0.25, -0.2) is 0 Å². The molecular weight excluding hydrogens is 216 g/mol. The predicted molar refractivity (Wildman–Crippen MR) is 65.5 cm³/mol. The van der Waals surface area contributed by atoms with Crippen LogP contribution >= 0.6 is 0 Å². The van der Waals surface area contributed by atoms with Gasteiger partial charge >= 0.3 is 5.97 Å². The van der Waals surface area contributed by atoms with Gasteiger partial charge in [-0.05, 0) is 18.1 Å². The second-order valence-corrected chi connectivity index (χ2v) is 4.51. The lowest BCUT2D eigenvalue weighted by molar-refractivity contribution is -0.146. The summed E-state index contributed by atoms with van der Waals surface area (Å²) in [6, 6.07) is 9.64. The molecule has 0 amide bonds. The minimum Gasteiger partial charge on any atom is -0.457 e. The van der Waals surface area contributed by atoms with Crippen LogP contribution in [0.1, 0.15) is 26.0 Å². The number of esters is 1. The number of hydrogen-bond acceptors (Lipinski definition) is 3. The molecular formula is C14H16O3. The van der Waals surface area contributed by atoms with Gasteiger partial charge in [-0.3, -0.25) is 4.79 Å². The van der Waals surface area contributed by atoms with Gasteiger partial charge in [0, 0.05) is 11.8 Å². The molecule has 3 heteroatoms. The fourth-order valence-electron chi connectivity index (χ4n) is 1.65. The van der Waals surface area contributed by atoms with E-state index in [1.54, 1.807) is 0 Å². The highest BCUT2D eigenvalue weighted by Gasteiger charge is 2.08. The zero-order valence-electron chi connectivity index (χ0n) is 10.1. The van der Waals surface area contributed by atoms with Crippen molar-refractivity contribution < 1.29 is 13.9 Å². The molecule has 17 heavy (non-hydrogen) atoms. The number of furan rings is 1. The summed E-state index contributed by atoms with van der Waals surface area (Å²) < 4.78 is 10.7. The van der Waals surface area contributed by atoms with Crippen molar-refractivity contribution in [2.45, 2.75) is 26.9 Å². The summed E-state index contributed by atoms with van der Waals surface area (Å²) in [6.07, 6.45) is 0.445. The summed E-state index contributed by atoms with van der Waals surface area (Å²) in [4.78, 5) is 11.4. The number of carbonyl (C=O) groups is 1. The first-order chi connectivity index (χ1) is 8.15. The molecule has 0 fully saturated rings. The molecule has 0 N–H and O–H groups in total. The molecule has 0 aliphatic rings. The number of rotatable bonds is 4. The predicted octanol–water partition coefficient (Wildman–Crippen LogP) is 3.52. The molecule has 90 valence electrons. The Bertz CT molecular complexity index is 478. The zero-order chi connectivity index (χ0) is 12.3. The highest BCUT2D eigenvalue weighted by atomic mass is 16.5. The summed E-state index contributed by atoms with van der Waals surface area (Å²) in [5.41, 5.74) is 0.822. The second kappa shape index (κ2) is 5.04. The molecule has 1 aromatic heterocycles. The SMILES string of the molecule is CC(C)CC(=O)OCc1cc2ccccc2o1. The summed E-state index contributed by atoms with van der Waals surface area (Å²) in [5.74, 6) is 0.821. The van der Waals surface area contributed by atoms with Crippen LogP contribution in [0.2, 0.25) is 0 Å². The first-order valence-corrected chi connectivity index (χ1v) is 5.78. The van der Waals surface area contributed by atoms with E-state index >= 15 is 0 Å². The van der Waals surface area contributed by atoms with E-state index in [2.05, 4.69) is 0 Å². The lowest BCUT2D eigenvalue weighted by Crippen LogP contribution is -2.07. The van der Waals surface area contributed by atoms with E-state index in [-0.39, 0.29) is 12.6 Å². The Balaban J connectivity index is 1.97. The number of para-hydroxylation sites is 1. The minimum atomic E-state index is -0.180. The third-order valence-electron chi connectivity index (χ3n) is 2.43. The largest absolute Gasteiger partial charge is 0.457 e. The van der Waals surface area contributed by atoms with Crippen molar-refractivity contribution in [3.8, 4) is 0 Å². The van der Waals surface area contributed by atoms with E-state index in [1.165, 1.54) is 0 Å². The third-order valence-corrected chi connectivity index (χ3v) is 2.43. The van der Waals surface area contributed by atoms with E-state index in [0.717, 1.165) is 11.0 Å². The number of benzene rings is 1. The standard InChI is InChI=1S/C14H16O3/c1-10(2)7-14(15)16-9-12-8-11-5-3-4-6-13(11)17-12/h3-6,8,10H,7,9H2,1-2H3. The molecule has 0 bridgehead atoms. The van der Waals surface area contributed by atoms with E-state index in [9.17, 15) is 4.79 Å². The molecule has 0 saturated heterocycles. The monoisotopic (exact) mass is 232 g/mol. The van der Waals surface area contributed by atoms with Crippen molar-refractivity contribution >= 4 is 16.9 Å².